The van der Waals surface area contributed by atoms with E-state index >= 15 is 0 Å². The van der Waals surface area contributed by atoms with Gasteiger partial charge in [-0.25, -0.2) is 0 Å². The fourth-order valence-electron chi connectivity index (χ4n) is 2.33. The van der Waals surface area contributed by atoms with Gasteiger partial charge in [-0.1, -0.05) is 6.92 Å². The van der Waals surface area contributed by atoms with Gasteiger partial charge in [-0.2, -0.15) is 5.10 Å². The van der Waals surface area contributed by atoms with Gasteiger partial charge in [-0.3, -0.25) is 9.48 Å². The lowest BCUT2D eigenvalue weighted by molar-refractivity contribution is -0.129. The smallest absolute Gasteiger partial charge is 0.239 e. The summed E-state index contributed by atoms with van der Waals surface area (Å²) in [5.41, 5.74) is 1.19. The number of nitrogens with zero attached hydrogens (tertiary/aromatic N) is 3. The molecule has 1 aliphatic heterocycles. The third-order valence-corrected chi connectivity index (χ3v) is 3.37. The number of nitrogens with one attached hydrogen (secondary N) is 1. The summed E-state index contributed by atoms with van der Waals surface area (Å²) in [7, 11) is 1.91. The molecular weight excluding hydrogens is 228 g/mol. The summed E-state index contributed by atoms with van der Waals surface area (Å²) in [5, 5.41) is 7.44. The summed E-state index contributed by atoms with van der Waals surface area (Å²) in [6.07, 6.45) is 6.77. The van der Waals surface area contributed by atoms with Gasteiger partial charge in [-0.05, 0) is 31.4 Å². The maximum absolute atomic E-state index is 12.1. The van der Waals surface area contributed by atoms with Gasteiger partial charge in [0, 0.05) is 26.3 Å². The van der Waals surface area contributed by atoms with E-state index in [1.54, 1.807) is 4.68 Å². The largest absolute Gasteiger partial charge is 0.341 e. The minimum absolute atomic E-state index is 0.0406. The predicted octanol–water partition coefficient (Wildman–Crippen LogP) is 0.563. The zero-order chi connectivity index (χ0) is 13.0. The van der Waals surface area contributed by atoms with Crippen molar-refractivity contribution in [2.24, 2.45) is 7.05 Å². The van der Waals surface area contributed by atoms with Crippen molar-refractivity contribution in [2.75, 3.05) is 19.6 Å². The summed E-state index contributed by atoms with van der Waals surface area (Å²) >= 11 is 0. The zero-order valence-electron chi connectivity index (χ0n) is 11.2. The molecule has 2 heterocycles. The first-order valence-electron chi connectivity index (χ1n) is 6.70. The van der Waals surface area contributed by atoms with Gasteiger partial charge in [0.25, 0.3) is 0 Å². The molecule has 1 N–H and O–H groups in total. The standard InChI is InChI=1S/C13H22N4O/c1-3-6-14-12-5-8-17(13(12)18)7-4-11-9-15-16(2)10-11/h9-10,12,14H,3-8H2,1-2H3. The highest BCUT2D eigenvalue weighted by molar-refractivity contribution is 5.83. The number of rotatable bonds is 6. The lowest BCUT2D eigenvalue weighted by atomic mass is 10.2. The number of amides is 1. The maximum atomic E-state index is 12.1. The Morgan fingerprint density at radius 1 is 1.56 bits per heavy atom. The Bertz CT molecular complexity index is 401. The molecule has 0 aromatic carbocycles. The number of aryl methyl sites for hydroxylation is 1. The summed E-state index contributed by atoms with van der Waals surface area (Å²) in [5.74, 6) is 0.257. The Morgan fingerprint density at radius 3 is 3.06 bits per heavy atom. The molecule has 18 heavy (non-hydrogen) atoms. The summed E-state index contributed by atoms with van der Waals surface area (Å²) in [6, 6.07) is 0.0406. The van der Waals surface area contributed by atoms with E-state index in [-0.39, 0.29) is 11.9 Å². The molecule has 1 aromatic heterocycles. The van der Waals surface area contributed by atoms with E-state index in [1.807, 2.05) is 24.3 Å². The lowest BCUT2D eigenvalue weighted by Gasteiger charge is -2.16. The number of aromatic nitrogens is 2. The Hall–Kier alpha value is -1.36. The van der Waals surface area contributed by atoms with Crippen molar-refractivity contribution >= 4 is 5.91 Å². The van der Waals surface area contributed by atoms with Gasteiger partial charge in [0.05, 0.1) is 12.2 Å². The topological polar surface area (TPSA) is 50.2 Å². The van der Waals surface area contributed by atoms with Crippen LogP contribution >= 0.6 is 0 Å². The van der Waals surface area contributed by atoms with Gasteiger partial charge < -0.3 is 10.2 Å². The third kappa shape index (κ3) is 3.10. The molecule has 1 aromatic rings. The summed E-state index contributed by atoms with van der Waals surface area (Å²) in [6.45, 7) is 4.72. The number of likely N-dealkylation sites (tertiary alicyclic amines) is 1. The van der Waals surface area contributed by atoms with Crippen molar-refractivity contribution in [1.29, 1.82) is 0 Å². The van der Waals surface area contributed by atoms with Crippen molar-refractivity contribution in [1.82, 2.24) is 20.0 Å². The highest BCUT2D eigenvalue weighted by Gasteiger charge is 2.30. The van der Waals surface area contributed by atoms with Crippen LogP contribution in [0.1, 0.15) is 25.3 Å². The van der Waals surface area contributed by atoms with Gasteiger partial charge in [0.1, 0.15) is 0 Å². The van der Waals surface area contributed by atoms with Crippen LogP contribution in [0.2, 0.25) is 0 Å². The van der Waals surface area contributed by atoms with Gasteiger partial charge in [-0.15, -0.1) is 0 Å². The average molecular weight is 250 g/mol. The summed E-state index contributed by atoms with van der Waals surface area (Å²) < 4.78 is 1.80. The Morgan fingerprint density at radius 2 is 2.39 bits per heavy atom. The molecule has 0 bridgehead atoms. The van der Waals surface area contributed by atoms with Crippen LogP contribution in [0.25, 0.3) is 0 Å². The second-order valence-corrected chi connectivity index (χ2v) is 4.89. The van der Waals surface area contributed by atoms with Crippen LogP contribution in [-0.4, -0.2) is 46.3 Å². The average Bonchev–Trinajstić information content (AvgIpc) is 2.92. The SMILES string of the molecule is CCCNC1CCN(CCc2cnn(C)c2)C1=O. The minimum Gasteiger partial charge on any atom is -0.341 e. The van der Waals surface area contributed by atoms with Crippen molar-refractivity contribution in [3.05, 3.63) is 18.0 Å². The lowest BCUT2D eigenvalue weighted by Crippen LogP contribution is -2.39. The molecule has 1 saturated heterocycles. The second kappa shape index (κ2) is 6.00. The van der Waals surface area contributed by atoms with E-state index in [9.17, 15) is 4.79 Å². The van der Waals surface area contributed by atoms with Crippen LogP contribution < -0.4 is 5.32 Å². The first kappa shape index (κ1) is 13.1. The highest BCUT2D eigenvalue weighted by atomic mass is 16.2. The van der Waals surface area contributed by atoms with E-state index in [0.717, 1.165) is 38.9 Å². The Labute approximate surface area is 108 Å². The number of hydrogen-bond acceptors (Lipinski definition) is 3. The van der Waals surface area contributed by atoms with Gasteiger partial charge >= 0.3 is 0 Å². The Balaban J connectivity index is 1.79. The van der Waals surface area contributed by atoms with Crippen molar-refractivity contribution < 1.29 is 4.79 Å². The van der Waals surface area contributed by atoms with Crippen LogP contribution in [0.5, 0.6) is 0 Å². The molecule has 1 aliphatic rings. The van der Waals surface area contributed by atoms with Crippen molar-refractivity contribution in [3.8, 4) is 0 Å². The van der Waals surface area contributed by atoms with Crippen molar-refractivity contribution in [2.45, 2.75) is 32.2 Å². The molecule has 2 rings (SSSR count). The molecule has 0 spiro atoms. The zero-order valence-corrected chi connectivity index (χ0v) is 11.2. The number of carbonyl (C=O) groups is 1. The Kier molecular flexibility index (Phi) is 4.36. The van der Waals surface area contributed by atoms with E-state index in [4.69, 9.17) is 0 Å². The first-order valence-corrected chi connectivity index (χ1v) is 6.70. The highest BCUT2D eigenvalue weighted by Crippen LogP contribution is 2.12. The quantitative estimate of drug-likeness (QED) is 0.803. The molecule has 1 fully saturated rings. The summed E-state index contributed by atoms with van der Waals surface area (Å²) in [4.78, 5) is 14.0. The van der Waals surface area contributed by atoms with Gasteiger partial charge in [0.2, 0.25) is 5.91 Å². The molecular formula is C13H22N4O. The molecule has 1 unspecified atom stereocenters. The molecule has 0 aliphatic carbocycles. The normalized spacial score (nSPS) is 19.8. The minimum atomic E-state index is 0.0406. The third-order valence-electron chi connectivity index (χ3n) is 3.37. The monoisotopic (exact) mass is 250 g/mol. The fourth-order valence-corrected chi connectivity index (χ4v) is 2.33. The van der Waals surface area contributed by atoms with E-state index in [2.05, 4.69) is 17.3 Å². The molecule has 5 heteroatoms. The van der Waals surface area contributed by atoms with E-state index in [0.29, 0.717) is 0 Å². The van der Waals surface area contributed by atoms with E-state index in [1.165, 1.54) is 5.56 Å². The molecule has 5 nitrogen and oxygen atoms in total. The molecule has 1 atom stereocenters. The number of carbonyl (C=O) groups excluding carboxylic acids is 1. The van der Waals surface area contributed by atoms with Crippen LogP contribution in [0.15, 0.2) is 12.4 Å². The maximum Gasteiger partial charge on any atom is 0.239 e. The van der Waals surface area contributed by atoms with Crippen LogP contribution in [0.4, 0.5) is 0 Å². The van der Waals surface area contributed by atoms with Gasteiger partial charge in [0.15, 0.2) is 0 Å². The van der Waals surface area contributed by atoms with Crippen LogP contribution in [0, 0.1) is 0 Å². The molecule has 0 radical (unpaired) electrons. The molecule has 1 amide bonds. The molecule has 0 saturated carbocycles. The first-order chi connectivity index (χ1) is 8.70. The number of hydrogen-bond donors (Lipinski definition) is 1. The van der Waals surface area contributed by atoms with Crippen molar-refractivity contribution in [3.63, 3.8) is 0 Å². The van der Waals surface area contributed by atoms with Crippen LogP contribution in [-0.2, 0) is 18.3 Å². The molecule has 100 valence electrons. The predicted molar refractivity (Wildman–Crippen MR) is 70.2 cm³/mol. The fraction of sp³-hybridized carbons (Fsp3) is 0.692. The van der Waals surface area contributed by atoms with Crippen LogP contribution in [0.3, 0.4) is 0 Å². The second-order valence-electron chi connectivity index (χ2n) is 4.89. The van der Waals surface area contributed by atoms with E-state index < -0.39 is 0 Å².